The summed E-state index contributed by atoms with van der Waals surface area (Å²) in [4.78, 5) is 15.8. The summed E-state index contributed by atoms with van der Waals surface area (Å²) in [5, 5.41) is 8.67. The molecule has 1 fully saturated rings. The normalized spacial score (nSPS) is 27.5. The monoisotopic (exact) mass is 207 g/mol. The maximum absolute atomic E-state index is 12.0. The zero-order valence-electron chi connectivity index (χ0n) is 9.31. The van der Waals surface area contributed by atoms with E-state index in [1.165, 1.54) is 0 Å². The van der Waals surface area contributed by atoms with Crippen molar-refractivity contribution in [2.24, 2.45) is 0 Å². The van der Waals surface area contributed by atoms with Crippen molar-refractivity contribution >= 4 is 5.91 Å². The van der Waals surface area contributed by atoms with Gasteiger partial charge in [-0.25, -0.2) is 0 Å². The maximum Gasteiger partial charge on any atom is 0.241 e. The average Bonchev–Trinajstić information content (AvgIpc) is 2.19. The molecule has 1 saturated heterocycles. The first-order valence-corrected chi connectivity index (χ1v) is 5.10. The minimum atomic E-state index is -0.286. The summed E-state index contributed by atoms with van der Waals surface area (Å²) in [6.07, 6.45) is 1.98. The molecule has 1 heterocycles. The van der Waals surface area contributed by atoms with Gasteiger partial charge in [-0.15, -0.1) is 6.58 Å². The van der Waals surface area contributed by atoms with Gasteiger partial charge in [-0.2, -0.15) is 5.26 Å². The van der Waals surface area contributed by atoms with Gasteiger partial charge < -0.3 is 4.90 Å². The first-order chi connectivity index (χ1) is 7.11. The van der Waals surface area contributed by atoms with Crippen molar-refractivity contribution in [3.63, 3.8) is 0 Å². The molecule has 1 aliphatic heterocycles. The highest BCUT2D eigenvalue weighted by Gasteiger charge is 2.35. The lowest BCUT2D eigenvalue weighted by atomic mass is 10.1. The van der Waals surface area contributed by atoms with Crippen molar-refractivity contribution in [1.82, 2.24) is 9.80 Å². The third kappa shape index (κ3) is 2.37. The van der Waals surface area contributed by atoms with Crippen LogP contribution in [-0.2, 0) is 4.79 Å². The van der Waals surface area contributed by atoms with Gasteiger partial charge in [0.15, 0.2) is 0 Å². The molecular weight excluding hydrogens is 190 g/mol. The highest BCUT2D eigenvalue weighted by Crippen LogP contribution is 2.16. The Morgan fingerprint density at radius 3 is 2.93 bits per heavy atom. The third-order valence-electron chi connectivity index (χ3n) is 2.79. The van der Waals surface area contributed by atoms with E-state index in [1.807, 2.05) is 18.9 Å². The van der Waals surface area contributed by atoms with Crippen molar-refractivity contribution in [3.8, 4) is 6.07 Å². The van der Waals surface area contributed by atoms with Gasteiger partial charge in [-0.05, 0) is 14.0 Å². The van der Waals surface area contributed by atoms with Crippen LogP contribution < -0.4 is 0 Å². The maximum atomic E-state index is 12.0. The van der Waals surface area contributed by atoms with Crippen LogP contribution in [-0.4, -0.2) is 47.9 Å². The number of hydrogen-bond donors (Lipinski definition) is 0. The standard InChI is InChI=1S/C11H17N3O/c1-4-7-14-9(2)8-13(3)10(5-6-12)11(14)15/h4,9-10H,1,5,7-8H2,2-3H3. The minimum Gasteiger partial charge on any atom is -0.334 e. The Morgan fingerprint density at radius 2 is 2.40 bits per heavy atom. The Morgan fingerprint density at radius 1 is 1.73 bits per heavy atom. The predicted octanol–water partition coefficient (Wildman–Crippen LogP) is 0.617. The van der Waals surface area contributed by atoms with Crippen molar-refractivity contribution in [1.29, 1.82) is 5.26 Å². The van der Waals surface area contributed by atoms with Gasteiger partial charge in [-0.3, -0.25) is 9.69 Å². The zero-order valence-corrected chi connectivity index (χ0v) is 9.31. The molecule has 4 nitrogen and oxygen atoms in total. The predicted molar refractivity (Wildman–Crippen MR) is 58.0 cm³/mol. The van der Waals surface area contributed by atoms with E-state index >= 15 is 0 Å². The first-order valence-electron chi connectivity index (χ1n) is 5.10. The van der Waals surface area contributed by atoms with E-state index in [0.29, 0.717) is 6.54 Å². The van der Waals surface area contributed by atoms with Crippen LogP contribution in [0.2, 0.25) is 0 Å². The van der Waals surface area contributed by atoms with E-state index in [-0.39, 0.29) is 24.4 Å². The Labute approximate surface area is 90.8 Å². The molecule has 0 saturated carbocycles. The summed E-state index contributed by atoms with van der Waals surface area (Å²) in [7, 11) is 1.89. The number of likely N-dealkylation sites (N-methyl/N-ethyl adjacent to an activating group) is 1. The third-order valence-corrected chi connectivity index (χ3v) is 2.79. The van der Waals surface area contributed by atoms with Crippen molar-refractivity contribution in [2.45, 2.75) is 25.4 Å². The summed E-state index contributed by atoms with van der Waals surface area (Å²) in [5.41, 5.74) is 0. The molecule has 2 atom stereocenters. The van der Waals surface area contributed by atoms with Crippen molar-refractivity contribution < 1.29 is 4.79 Å². The van der Waals surface area contributed by atoms with Crippen LogP contribution in [0.3, 0.4) is 0 Å². The topological polar surface area (TPSA) is 47.3 Å². The van der Waals surface area contributed by atoms with Crippen LogP contribution in [0.5, 0.6) is 0 Å². The second kappa shape index (κ2) is 4.94. The smallest absolute Gasteiger partial charge is 0.241 e. The number of rotatable bonds is 3. The van der Waals surface area contributed by atoms with Gasteiger partial charge in [0, 0.05) is 19.1 Å². The van der Waals surface area contributed by atoms with Gasteiger partial charge in [0.1, 0.15) is 6.04 Å². The molecule has 0 aromatic rings. The number of piperazine rings is 1. The summed E-state index contributed by atoms with van der Waals surface area (Å²) in [5.74, 6) is 0.0395. The second-order valence-electron chi connectivity index (χ2n) is 3.95. The lowest BCUT2D eigenvalue weighted by Gasteiger charge is -2.42. The minimum absolute atomic E-state index is 0.0395. The quantitative estimate of drug-likeness (QED) is 0.637. The number of carbonyl (C=O) groups is 1. The van der Waals surface area contributed by atoms with Gasteiger partial charge in [0.25, 0.3) is 0 Å². The molecule has 2 unspecified atom stereocenters. The van der Waals surface area contributed by atoms with E-state index < -0.39 is 0 Å². The van der Waals surface area contributed by atoms with E-state index in [0.717, 1.165) is 6.54 Å². The van der Waals surface area contributed by atoms with Gasteiger partial charge in [-0.1, -0.05) is 6.08 Å². The van der Waals surface area contributed by atoms with E-state index in [2.05, 4.69) is 12.6 Å². The van der Waals surface area contributed by atoms with Crippen molar-refractivity contribution in [2.75, 3.05) is 20.1 Å². The summed E-state index contributed by atoms with van der Waals surface area (Å²) < 4.78 is 0. The number of hydrogen-bond acceptors (Lipinski definition) is 3. The van der Waals surface area contributed by atoms with E-state index in [9.17, 15) is 4.79 Å². The fraction of sp³-hybridized carbons (Fsp3) is 0.636. The molecule has 1 amide bonds. The van der Waals surface area contributed by atoms with E-state index in [1.54, 1.807) is 11.0 Å². The number of carbonyl (C=O) groups excluding carboxylic acids is 1. The van der Waals surface area contributed by atoms with Crippen LogP contribution in [0.25, 0.3) is 0 Å². The molecule has 4 heteroatoms. The van der Waals surface area contributed by atoms with Crippen LogP contribution in [0.1, 0.15) is 13.3 Å². The van der Waals surface area contributed by atoms with Gasteiger partial charge in [0.2, 0.25) is 5.91 Å². The molecule has 0 spiro atoms. The molecule has 0 aliphatic carbocycles. The molecule has 15 heavy (non-hydrogen) atoms. The fourth-order valence-corrected chi connectivity index (χ4v) is 1.98. The summed E-state index contributed by atoms with van der Waals surface area (Å²) in [6, 6.07) is 1.96. The average molecular weight is 207 g/mol. The van der Waals surface area contributed by atoms with Crippen LogP contribution in [0, 0.1) is 11.3 Å². The van der Waals surface area contributed by atoms with Crippen LogP contribution >= 0.6 is 0 Å². The highest BCUT2D eigenvalue weighted by molar-refractivity contribution is 5.83. The SMILES string of the molecule is C=CCN1C(=O)C(CC#N)N(C)CC1C. The largest absolute Gasteiger partial charge is 0.334 e. The Bertz CT molecular complexity index is 295. The first kappa shape index (κ1) is 11.7. The van der Waals surface area contributed by atoms with Crippen LogP contribution in [0.4, 0.5) is 0 Å². The molecule has 0 aromatic heterocycles. The molecule has 0 aromatic carbocycles. The summed E-state index contributed by atoms with van der Waals surface area (Å²) >= 11 is 0. The molecule has 1 aliphatic rings. The molecule has 0 N–H and O–H groups in total. The van der Waals surface area contributed by atoms with Gasteiger partial charge >= 0.3 is 0 Å². The van der Waals surface area contributed by atoms with Crippen LogP contribution in [0.15, 0.2) is 12.7 Å². The lowest BCUT2D eigenvalue weighted by molar-refractivity contribution is -0.143. The van der Waals surface area contributed by atoms with Crippen molar-refractivity contribution in [3.05, 3.63) is 12.7 Å². The van der Waals surface area contributed by atoms with E-state index in [4.69, 9.17) is 5.26 Å². The zero-order chi connectivity index (χ0) is 11.4. The fourth-order valence-electron chi connectivity index (χ4n) is 1.98. The molecule has 0 bridgehead atoms. The second-order valence-corrected chi connectivity index (χ2v) is 3.95. The number of nitriles is 1. The summed E-state index contributed by atoms with van der Waals surface area (Å²) in [6.45, 7) is 7.03. The lowest BCUT2D eigenvalue weighted by Crippen LogP contribution is -2.59. The molecule has 0 radical (unpaired) electrons. The highest BCUT2D eigenvalue weighted by atomic mass is 16.2. The molecule has 1 rings (SSSR count). The Hall–Kier alpha value is -1.34. The molecular formula is C11H17N3O. The number of nitrogens with zero attached hydrogens (tertiary/aromatic N) is 3. The van der Waals surface area contributed by atoms with Gasteiger partial charge in [0.05, 0.1) is 12.5 Å². The number of amides is 1. The Balaban J connectivity index is 2.80. The molecule has 82 valence electrons. The Kier molecular flexibility index (Phi) is 3.87.